The maximum Gasteiger partial charge on any atom is 0.239 e. The van der Waals surface area contributed by atoms with E-state index in [9.17, 15) is 4.79 Å². The van der Waals surface area contributed by atoms with Crippen LogP contribution >= 0.6 is 22.7 Å². The number of anilines is 1. The van der Waals surface area contributed by atoms with Gasteiger partial charge in [-0.15, -0.1) is 11.3 Å². The molecule has 1 saturated carbocycles. The van der Waals surface area contributed by atoms with Crippen LogP contribution in [0.3, 0.4) is 0 Å². The lowest BCUT2D eigenvalue weighted by atomic mass is 10.1. The molecule has 2 aliphatic rings. The number of carbonyl (C=O) groups is 1. The Morgan fingerprint density at radius 3 is 2.75 bits per heavy atom. The van der Waals surface area contributed by atoms with Crippen LogP contribution < -0.4 is 16.0 Å². The normalized spacial score (nSPS) is 18.5. The number of nitrogens with one attached hydrogen (secondary N) is 1. The Balaban J connectivity index is 1.16. The fourth-order valence-corrected chi connectivity index (χ4v) is 6.53. The number of piperazine rings is 1. The predicted molar refractivity (Wildman–Crippen MR) is 134 cm³/mol. The average molecular weight is 470 g/mol. The summed E-state index contributed by atoms with van der Waals surface area (Å²) in [5.74, 6) is 0.0572. The van der Waals surface area contributed by atoms with E-state index in [2.05, 4.69) is 28.4 Å². The molecule has 1 aliphatic carbocycles. The first kappa shape index (κ1) is 21.8. The Hall–Kier alpha value is -2.00. The second-order valence-electron chi connectivity index (χ2n) is 8.86. The molecule has 2 fully saturated rings. The van der Waals surface area contributed by atoms with E-state index in [-0.39, 0.29) is 5.91 Å². The Morgan fingerprint density at radius 1 is 1.19 bits per heavy atom. The van der Waals surface area contributed by atoms with Crippen molar-refractivity contribution in [3.05, 3.63) is 46.2 Å². The minimum Gasteiger partial charge on any atom is -0.345 e. The Bertz CT molecular complexity index is 1040. The maximum atomic E-state index is 12.8. The van der Waals surface area contributed by atoms with Crippen molar-refractivity contribution in [1.82, 2.24) is 15.2 Å². The smallest absolute Gasteiger partial charge is 0.239 e. The molecule has 170 valence electrons. The second kappa shape index (κ2) is 9.87. The standard InChI is InChI=1S/C24H31N5OS2/c25-20(15-19-6-3-13-31-19)23(30)28-9-11-29(12-10-28)24-27-21-8-7-17(14-22(21)32-24)16-26-18-4-1-2-5-18/h3,6-8,13-14,18,20,26H,1-2,4-5,9-12,15-16,25H2. The van der Waals surface area contributed by atoms with Crippen LogP contribution in [0, 0.1) is 0 Å². The number of nitrogens with two attached hydrogens (primary N) is 1. The zero-order valence-electron chi connectivity index (χ0n) is 18.3. The lowest BCUT2D eigenvalue weighted by Gasteiger charge is -2.35. The molecule has 3 aromatic rings. The lowest BCUT2D eigenvalue weighted by Crippen LogP contribution is -2.53. The first-order valence-corrected chi connectivity index (χ1v) is 13.3. The van der Waals surface area contributed by atoms with Gasteiger partial charge in [0, 0.05) is 50.1 Å². The monoisotopic (exact) mass is 469 g/mol. The van der Waals surface area contributed by atoms with E-state index in [0.717, 1.165) is 35.2 Å². The summed E-state index contributed by atoms with van der Waals surface area (Å²) >= 11 is 3.41. The van der Waals surface area contributed by atoms with Crippen LogP contribution in [0.25, 0.3) is 10.2 Å². The number of amides is 1. The first-order chi connectivity index (χ1) is 15.7. The molecular weight excluding hydrogens is 438 g/mol. The summed E-state index contributed by atoms with van der Waals surface area (Å²) in [4.78, 5) is 23.0. The number of fused-ring (bicyclic) bond motifs is 1. The molecule has 3 heterocycles. The number of hydrogen-bond acceptors (Lipinski definition) is 7. The molecule has 0 radical (unpaired) electrons. The highest BCUT2D eigenvalue weighted by Gasteiger charge is 2.27. The average Bonchev–Trinajstić information content (AvgIpc) is 3.59. The molecule has 1 atom stereocenters. The van der Waals surface area contributed by atoms with Gasteiger partial charge < -0.3 is 20.9 Å². The van der Waals surface area contributed by atoms with Gasteiger partial charge in [0.25, 0.3) is 0 Å². The van der Waals surface area contributed by atoms with Gasteiger partial charge in [-0.25, -0.2) is 4.98 Å². The summed E-state index contributed by atoms with van der Waals surface area (Å²) in [6.07, 6.45) is 5.94. The summed E-state index contributed by atoms with van der Waals surface area (Å²) in [6, 6.07) is 10.9. The van der Waals surface area contributed by atoms with Crippen molar-refractivity contribution < 1.29 is 4.79 Å². The summed E-state index contributed by atoms with van der Waals surface area (Å²) in [6.45, 7) is 3.92. The van der Waals surface area contributed by atoms with E-state index >= 15 is 0 Å². The molecule has 6 nitrogen and oxygen atoms in total. The molecule has 0 spiro atoms. The first-order valence-electron chi connectivity index (χ1n) is 11.6. The number of benzene rings is 1. The summed E-state index contributed by atoms with van der Waals surface area (Å²) < 4.78 is 1.24. The molecule has 1 unspecified atom stereocenters. The third-order valence-electron chi connectivity index (χ3n) is 6.57. The Morgan fingerprint density at radius 2 is 2.00 bits per heavy atom. The van der Waals surface area contributed by atoms with Crippen LogP contribution in [0.2, 0.25) is 0 Å². The van der Waals surface area contributed by atoms with Gasteiger partial charge in [-0.3, -0.25) is 4.79 Å². The molecule has 3 N–H and O–H groups in total. The highest BCUT2D eigenvalue weighted by molar-refractivity contribution is 7.22. The summed E-state index contributed by atoms with van der Waals surface area (Å²) in [5.41, 5.74) is 8.59. The molecule has 1 aliphatic heterocycles. The fourth-order valence-electron chi connectivity index (χ4n) is 4.68. The SMILES string of the molecule is NC(Cc1cccs1)C(=O)N1CCN(c2nc3ccc(CNC4CCCC4)cc3s2)CC1. The molecule has 1 saturated heterocycles. The molecule has 32 heavy (non-hydrogen) atoms. The number of carbonyl (C=O) groups excluding carboxylic acids is 1. The number of aromatic nitrogens is 1. The van der Waals surface area contributed by atoms with Crippen molar-refractivity contribution in [3.8, 4) is 0 Å². The molecule has 0 bridgehead atoms. The van der Waals surface area contributed by atoms with E-state index in [1.54, 1.807) is 22.7 Å². The minimum absolute atomic E-state index is 0.0572. The van der Waals surface area contributed by atoms with Gasteiger partial charge in [0.15, 0.2) is 5.13 Å². The number of hydrogen-bond donors (Lipinski definition) is 2. The number of thiazole rings is 1. The van der Waals surface area contributed by atoms with E-state index in [4.69, 9.17) is 10.7 Å². The minimum atomic E-state index is -0.459. The quantitative estimate of drug-likeness (QED) is 0.553. The molecule has 1 aromatic carbocycles. The third kappa shape index (κ3) is 4.98. The van der Waals surface area contributed by atoms with Crippen LogP contribution in [0.15, 0.2) is 35.7 Å². The number of rotatable bonds is 7. The van der Waals surface area contributed by atoms with Gasteiger partial charge in [-0.05, 0) is 42.0 Å². The molecule has 8 heteroatoms. The van der Waals surface area contributed by atoms with Crippen LogP contribution in [0.1, 0.15) is 36.1 Å². The van der Waals surface area contributed by atoms with Crippen LogP contribution in [0.4, 0.5) is 5.13 Å². The van der Waals surface area contributed by atoms with Gasteiger partial charge in [-0.1, -0.05) is 36.3 Å². The largest absolute Gasteiger partial charge is 0.345 e. The molecule has 1 amide bonds. The number of thiophene rings is 1. The maximum absolute atomic E-state index is 12.8. The summed E-state index contributed by atoms with van der Waals surface area (Å²) in [5, 5.41) is 6.78. The van der Waals surface area contributed by atoms with Gasteiger partial charge in [-0.2, -0.15) is 0 Å². The van der Waals surface area contributed by atoms with Crippen LogP contribution in [-0.4, -0.2) is 54.1 Å². The van der Waals surface area contributed by atoms with E-state index in [1.165, 1.54) is 35.9 Å². The topological polar surface area (TPSA) is 74.5 Å². The van der Waals surface area contributed by atoms with Gasteiger partial charge in [0.05, 0.1) is 16.3 Å². The highest BCUT2D eigenvalue weighted by Crippen LogP contribution is 2.30. The van der Waals surface area contributed by atoms with Crippen molar-refractivity contribution in [2.45, 2.75) is 50.7 Å². The Labute approximate surface area is 197 Å². The van der Waals surface area contributed by atoms with Crippen LogP contribution in [-0.2, 0) is 17.8 Å². The predicted octanol–water partition coefficient (Wildman–Crippen LogP) is 3.61. The third-order valence-corrected chi connectivity index (χ3v) is 8.55. The summed E-state index contributed by atoms with van der Waals surface area (Å²) in [7, 11) is 0. The lowest BCUT2D eigenvalue weighted by molar-refractivity contribution is -0.132. The molecule has 5 rings (SSSR count). The number of nitrogens with zero attached hydrogens (tertiary/aromatic N) is 3. The van der Waals surface area contributed by atoms with Crippen molar-refractivity contribution >= 4 is 43.9 Å². The van der Waals surface area contributed by atoms with Crippen molar-refractivity contribution in [1.29, 1.82) is 0 Å². The van der Waals surface area contributed by atoms with Gasteiger partial charge in [0.1, 0.15) is 0 Å². The van der Waals surface area contributed by atoms with E-state index in [0.29, 0.717) is 25.6 Å². The van der Waals surface area contributed by atoms with Crippen molar-refractivity contribution in [3.63, 3.8) is 0 Å². The van der Waals surface area contributed by atoms with E-state index < -0.39 is 6.04 Å². The fraction of sp³-hybridized carbons (Fsp3) is 0.500. The zero-order valence-corrected chi connectivity index (χ0v) is 20.0. The highest BCUT2D eigenvalue weighted by atomic mass is 32.1. The van der Waals surface area contributed by atoms with Gasteiger partial charge in [0.2, 0.25) is 5.91 Å². The second-order valence-corrected chi connectivity index (χ2v) is 10.9. The molecule has 2 aromatic heterocycles. The van der Waals surface area contributed by atoms with Crippen molar-refractivity contribution in [2.24, 2.45) is 5.73 Å². The van der Waals surface area contributed by atoms with Gasteiger partial charge >= 0.3 is 0 Å². The van der Waals surface area contributed by atoms with E-state index in [1.807, 2.05) is 22.4 Å². The Kier molecular flexibility index (Phi) is 6.73. The molecular formula is C24H31N5OS2. The van der Waals surface area contributed by atoms with Crippen molar-refractivity contribution in [2.75, 3.05) is 31.1 Å². The van der Waals surface area contributed by atoms with Crippen LogP contribution in [0.5, 0.6) is 0 Å². The zero-order chi connectivity index (χ0) is 21.9.